The van der Waals surface area contributed by atoms with Crippen LogP contribution in [0, 0.1) is 0 Å². The summed E-state index contributed by atoms with van der Waals surface area (Å²) >= 11 is 0. The third-order valence-corrected chi connectivity index (χ3v) is 1.50. The maximum absolute atomic E-state index is 5.66. The van der Waals surface area contributed by atoms with Crippen molar-refractivity contribution in [3.63, 3.8) is 0 Å². The molecule has 0 radical (unpaired) electrons. The van der Waals surface area contributed by atoms with Crippen LogP contribution in [0.5, 0.6) is 5.75 Å². The van der Waals surface area contributed by atoms with Gasteiger partial charge in [0.2, 0.25) is 0 Å². The van der Waals surface area contributed by atoms with Crippen molar-refractivity contribution in [1.82, 2.24) is 0 Å². The third kappa shape index (κ3) is 3.42. The molecule has 0 aliphatic heterocycles. The molecule has 0 fully saturated rings. The van der Waals surface area contributed by atoms with E-state index < -0.39 is 0 Å². The van der Waals surface area contributed by atoms with Crippen molar-refractivity contribution in [3.8, 4) is 5.75 Å². The number of hydrogen-bond acceptors (Lipinski definition) is 3. The second-order valence-electron chi connectivity index (χ2n) is 2.65. The first-order chi connectivity index (χ1) is 5.74. The fourth-order valence-electron chi connectivity index (χ4n) is 0.910. The van der Waals surface area contributed by atoms with E-state index in [1.165, 1.54) is 0 Å². The Bertz CT molecular complexity index is 266. The zero-order valence-corrected chi connectivity index (χ0v) is 8.34. The zero-order chi connectivity index (χ0) is 8.97. The summed E-state index contributed by atoms with van der Waals surface area (Å²) in [7, 11) is 0. The molecule has 0 bridgehead atoms. The minimum absolute atomic E-state index is 0. The highest BCUT2D eigenvalue weighted by molar-refractivity contribution is 5.60. The molecule has 0 amide bonds. The normalized spacial score (nSPS) is 9.00. The highest BCUT2D eigenvalue weighted by atomic mass is 35.5. The van der Waals surface area contributed by atoms with E-state index in [1.807, 2.05) is 6.92 Å². The van der Waals surface area contributed by atoms with Crippen LogP contribution in [0.25, 0.3) is 0 Å². The molecule has 0 aliphatic carbocycles. The minimum atomic E-state index is 0. The van der Waals surface area contributed by atoms with E-state index in [4.69, 9.17) is 16.2 Å². The van der Waals surface area contributed by atoms with Gasteiger partial charge in [0.15, 0.2) is 0 Å². The average molecular weight is 202 g/mol. The van der Waals surface area contributed by atoms with Gasteiger partial charge in [0.25, 0.3) is 0 Å². The Morgan fingerprint density at radius 2 is 2.00 bits per heavy atom. The molecular weight excluding hydrogens is 188 g/mol. The first kappa shape index (κ1) is 11.9. The smallest absolute Gasteiger partial charge is 0.142 e. The van der Waals surface area contributed by atoms with Gasteiger partial charge in [0, 0.05) is 5.69 Å². The molecule has 3 nitrogen and oxygen atoms in total. The first-order valence-corrected chi connectivity index (χ1v) is 4.02. The number of benzene rings is 1. The Kier molecular flexibility index (Phi) is 5.07. The first-order valence-electron chi connectivity index (χ1n) is 4.02. The Morgan fingerprint density at radius 3 is 2.54 bits per heavy atom. The summed E-state index contributed by atoms with van der Waals surface area (Å²) in [6, 6.07) is 5.27. The van der Waals surface area contributed by atoms with Gasteiger partial charge in [0.1, 0.15) is 5.75 Å². The molecule has 4 N–H and O–H groups in total. The largest absolute Gasteiger partial charge is 1.00 e. The summed E-state index contributed by atoms with van der Waals surface area (Å²) in [5.74, 6) is 0.714. The maximum Gasteiger partial charge on any atom is 0.142 e. The monoisotopic (exact) mass is 201 g/mol. The maximum atomic E-state index is 5.66. The summed E-state index contributed by atoms with van der Waals surface area (Å²) in [5, 5.41) is 0. The molecule has 4 heteroatoms. The van der Waals surface area contributed by atoms with Crippen LogP contribution in [0.1, 0.15) is 13.3 Å². The summed E-state index contributed by atoms with van der Waals surface area (Å²) in [4.78, 5) is 0. The minimum Gasteiger partial charge on any atom is -1.00 e. The SMILES string of the molecule is CCCOc1ccc(N)cc1N.[Cl-]. The van der Waals surface area contributed by atoms with E-state index >= 15 is 0 Å². The van der Waals surface area contributed by atoms with Crippen LogP contribution in [0.4, 0.5) is 11.4 Å². The Morgan fingerprint density at radius 1 is 1.31 bits per heavy atom. The van der Waals surface area contributed by atoms with Crippen molar-refractivity contribution in [2.75, 3.05) is 18.1 Å². The quantitative estimate of drug-likeness (QED) is 0.595. The van der Waals surface area contributed by atoms with E-state index in [-0.39, 0.29) is 12.4 Å². The molecule has 0 atom stereocenters. The van der Waals surface area contributed by atoms with Crippen LogP contribution >= 0.6 is 0 Å². The predicted octanol–water partition coefficient (Wildman–Crippen LogP) is -1.36. The summed E-state index contributed by atoms with van der Waals surface area (Å²) < 4.78 is 5.36. The number of nitrogen functional groups attached to an aromatic ring is 2. The number of rotatable bonds is 3. The van der Waals surface area contributed by atoms with Crippen molar-refractivity contribution in [1.29, 1.82) is 0 Å². The number of hydrogen-bond donors (Lipinski definition) is 2. The van der Waals surface area contributed by atoms with Crippen LogP contribution in [-0.4, -0.2) is 6.61 Å². The number of halogens is 1. The molecule has 1 aromatic rings. The number of anilines is 2. The zero-order valence-electron chi connectivity index (χ0n) is 7.59. The van der Waals surface area contributed by atoms with Crippen LogP contribution in [0.15, 0.2) is 18.2 Å². The molecule has 0 saturated heterocycles. The van der Waals surface area contributed by atoms with E-state index in [2.05, 4.69) is 0 Å². The van der Waals surface area contributed by atoms with Gasteiger partial charge in [-0.2, -0.15) is 0 Å². The lowest BCUT2D eigenvalue weighted by molar-refractivity contribution is -0.00000299. The van der Waals surface area contributed by atoms with Crippen molar-refractivity contribution in [3.05, 3.63) is 18.2 Å². The second kappa shape index (κ2) is 5.54. The van der Waals surface area contributed by atoms with Crippen LogP contribution in [-0.2, 0) is 0 Å². The Hall–Kier alpha value is -1.09. The molecule has 0 unspecified atom stereocenters. The van der Waals surface area contributed by atoms with Gasteiger partial charge in [-0.15, -0.1) is 0 Å². The topological polar surface area (TPSA) is 61.3 Å². The van der Waals surface area contributed by atoms with Gasteiger partial charge in [-0.25, -0.2) is 0 Å². The Balaban J connectivity index is 0.00000144. The van der Waals surface area contributed by atoms with Crippen molar-refractivity contribution in [2.45, 2.75) is 13.3 Å². The number of ether oxygens (including phenoxy) is 1. The second-order valence-corrected chi connectivity index (χ2v) is 2.65. The van der Waals surface area contributed by atoms with Gasteiger partial charge in [-0.05, 0) is 24.6 Å². The lowest BCUT2D eigenvalue weighted by Crippen LogP contribution is -3.00. The highest BCUT2D eigenvalue weighted by Gasteiger charge is 1.98. The third-order valence-electron chi connectivity index (χ3n) is 1.50. The average Bonchev–Trinajstić information content (AvgIpc) is 2.03. The molecule has 1 rings (SSSR count). The summed E-state index contributed by atoms with van der Waals surface area (Å²) in [6.45, 7) is 2.74. The molecule has 0 aromatic heterocycles. The molecule has 0 spiro atoms. The van der Waals surface area contributed by atoms with Crippen molar-refractivity contribution in [2.24, 2.45) is 0 Å². The fraction of sp³-hybridized carbons (Fsp3) is 0.333. The van der Waals surface area contributed by atoms with Gasteiger partial charge in [0.05, 0.1) is 12.3 Å². The van der Waals surface area contributed by atoms with Gasteiger partial charge >= 0.3 is 0 Å². The molecular formula is C9H14ClN2O-. The van der Waals surface area contributed by atoms with Gasteiger partial charge < -0.3 is 28.6 Å². The van der Waals surface area contributed by atoms with Crippen molar-refractivity contribution >= 4 is 11.4 Å². The van der Waals surface area contributed by atoms with Crippen LogP contribution in [0.3, 0.4) is 0 Å². The summed E-state index contributed by atoms with van der Waals surface area (Å²) in [6.07, 6.45) is 0.976. The van der Waals surface area contributed by atoms with E-state index in [1.54, 1.807) is 18.2 Å². The van der Waals surface area contributed by atoms with Crippen LogP contribution in [0.2, 0.25) is 0 Å². The lowest BCUT2D eigenvalue weighted by atomic mass is 10.2. The van der Waals surface area contributed by atoms with E-state index in [0.29, 0.717) is 23.7 Å². The summed E-state index contributed by atoms with van der Waals surface area (Å²) in [5.41, 5.74) is 12.4. The molecule has 0 aliphatic rings. The molecule has 74 valence electrons. The lowest BCUT2D eigenvalue weighted by Gasteiger charge is -2.07. The van der Waals surface area contributed by atoms with Crippen LogP contribution < -0.4 is 28.6 Å². The van der Waals surface area contributed by atoms with Gasteiger partial charge in [-0.3, -0.25) is 0 Å². The Labute approximate surface area is 84.5 Å². The van der Waals surface area contributed by atoms with E-state index in [9.17, 15) is 0 Å². The fourth-order valence-corrected chi connectivity index (χ4v) is 0.910. The molecule has 1 aromatic carbocycles. The highest BCUT2D eigenvalue weighted by Crippen LogP contribution is 2.23. The molecule has 13 heavy (non-hydrogen) atoms. The molecule has 0 heterocycles. The molecule has 0 saturated carbocycles. The van der Waals surface area contributed by atoms with Gasteiger partial charge in [-0.1, -0.05) is 6.92 Å². The van der Waals surface area contributed by atoms with Crippen molar-refractivity contribution < 1.29 is 17.1 Å². The van der Waals surface area contributed by atoms with E-state index in [0.717, 1.165) is 6.42 Å². The standard InChI is InChI=1S/C9H14N2O.ClH/c1-2-5-12-9-4-3-7(10)6-8(9)11;/h3-4,6H,2,5,10-11H2,1H3;1H/p-1. The number of nitrogens with two attached hydrogens (primary N) is 2. The predicted molar refractivity (Wildman–Crippen MR) is 51.1 cm³/mol.